The summed E-state index contributed by atoms with van der Waals surface area (Å²) in [5.74, 6) is -0.0138. The molecule has 1 amide bonds. The van der Waals surface area contributed by atoms with Gasteiger partial charge in [-0.05, 0) is 36.3 Å². The van der Waals surface area contributed by atoms with E-state index in [4.69, 9.17) is 0 Å². The number of nitrogens with zero attached hydrogens (tertiary/aromatic N) is 3. The number of aryl methyl sites for hydroxylation is 1. The first kappa shape index (κ1) is 24.2. The molecule has 0 bridgehead atoms. The van der Waals surface area contributed by atoms with Crippen LogP contribution in [-0.2, 0) is 21.4 Å². The highest BCUT2D eigenvalue weighted by molar-refractivity contribution is 7.89. The van der Waals surface area contributed by atoms with E-state index in [0.29, 0.717) is 26.2 Å². The number of piperazine rings is 1. The van der Waals surface area contributed by atoms with Gasteiger partial charge in [0.2, 0.25) is 15.9 Å². The highest BCUT2D eigenvalue weighted by atomic mass is 32.2. The first-order chi connectivity index (χ1) is 15.3. The third kappa shape index (κ3) is 6.06. The van der Waals surface area contributed by atoms with E-state index in [1.165, 1.54) is 15.4 Å². The molecule has 1 aliphatic rings. The molecule has 2 aromatic rings. The van der Waals surface area contributed by atoms with E-state index in [9.17, 15) is 13.2 Å². The number of amides is 1. The highest BCUT2D eigenvalue weighted by Crippen LogP contribution is 2.17. The molecule has 0 N–H and O–H groups in total. The van der Waals surface area contributed by atoms with Crippen LogP contribution in [0.15, 0.2) is 59.5 Å². The summed E-state index contributed by atoms with van der Waals surface area (Å²) in [6.07, 6.45) is 3.32. The molecule has 0 atom stereocenters. The predicted octanol–water partition coefficient (Wildman–Crippen LogP) is 3.38. The molecule has 2 aromatic carbocycles. The number of hydrogen-bond donors (Lipinski definition) is 0. The van der Waals surface area contributed by atoms with E-state index in [0.717, 1.165) is 25.2 Å². The van der Waals surface area contributed by atoms with Gasteiger partial charge in [0, 0.05) is 51.9 Å². The lowest BCUT2D eigenvalue weighted by Crippen LogP contribution is -2.47. The van der Waals surface area contributed by atoms with Crippen molar-refractivity contribution >= 4 is 22.0 Å². The van der Waals surface area contributed by atoms with Crippen molar-refractivity contribution in [3.8, 4) is 0 Å². The summed E-state index contributed by atoms with van der Waals surface area (Å²) in [6, 6.07) is 15.2. The SMILES string of the molecule is CCN(CC)S(=O)(=O)c1ccc(/C=C/C(=O)N2CCN(Cc3cccc(C)c3)CC2)cc1. The molecule has 0 aromatic heterocycles. The van der Waals surface area contributed by atoms with Crippen molar-refractivity contribution in [3.05, 3.63) is 71.3 Å². The van der Waals surface area contributed by atoms with E-state index in [1.54, 1.807) is 36.4 Å². The molecule has 7 heteroatoms. The predicted molar refractivity (Wildman–Crippen MR) is 129 cm³/mol. The van der Waals surface area contributed by atoms with Crippen LogP contribution in [0.2, 0.25) is 0 Å². The van der Waals surface area contributed by atoms with Crippen molar-refractivity contribution in [2.75, 3.05) is 39.3 Å². The van der Waals surface area contributed by atoms with Crippen LogP contribution in [0.1, 0.15) is 30.5 Å². The van der Waals surface area contributed by atoms with E-state index in [2.05, 4.69) is 36.1 Å². The van der Waals surface area contributed by atoms with Crippen LogP contribution in [0.5, 0.6) is 0 Å². The molecular weight excluding hydrogens is 422 g/mol. The minimum Gasteiger partial charge on any atom is -0.337 e. The van der Waals surface area contributed by atoms with Crippen molar-refractivity contribution in [3.63, 3.8) is 0 Å². The topological polar surface area (TPSA) is 60.9 Å². The van der Waals surface area contributed by atoms with E-state index >= 15 is 0 Å². The molecule has 0 unspecified atom stereocenters. The Balaban J connectivity index is 1.53. The summed E-state index contributed by atoms with van der Waals surface area (Å²) in [5.41, 5.74) is 3.37. The third-order valence-electron chi connectivity index (χ3n) is 5.81. The van der Waals surface area contributed by atoms with E-state index in [-0.39, 0.29) is 10.8 Å². The molecule has 1 aliphatic heterocycles. The lowest BCUT2D eigenvalue weighted by Gasteiger charge is -2.34. The largest absolute Gasteiger partial charge is 0.337 e. The molecule has 0 aliphatic carbocycles. The Bertz CT molecular complexity index is 1040. The summed E-state index contributed by atoms with van der Waals surface area (Å²) < 4.78 is 26.6. The Kier molecular flexibility index (Phi) is 8.23. The monoisotopic (exact) mass is 455 g/mol. The minimum absolute atomic E-state index is 0.0138. The zero-order valence-electron chi connectivity index (χ0n) is 19.2. The van der Waals surface area contributed by atoms with E-state index < -0.39 is 10.0 Å². The second kappa shape index (κ2) is 10.9. The Hall–Kier alpha value is -2.48. The lowest BCUT2D eigenvalue weighted by atomic mass is 10.1. The number of sulfonamides is 1. The molecule has 1 saturated heterocycles. The summed E-state index contributed by atoms with van der Waals surface area (Å²) in [5, 5.41) is 0. The van der Waals surface area contributed by atoms with Gasteiger partial charge in [-0.25, -0.2) is 8.42 Å². The minimum atomic E-state index is -3.47. The van der Waals surface area contributed by atoms with Gasteiger partial charge < -0.3 is 4.90 Å². The van der Waals surface area contributed by atoms with Gasteiger partial charge >= 0.3 is 0 Å². The number of hydrogen-bond acceptors (Lipinski definition) is 4. The first-order valence-electron chi connectivity index (χ1n) is 11.2. The summed E-state index contributed by atoms with van der Waals surface area (Å²) in [6.45, 7) is 10.6. The summed E-state index contributed by atoms with van der Waals surface area (Å²) in [4.78, 5) is 17.1. The van der Waals surface area contributed by atoms with Crippen molar-refractivity contribution in [1.29, 1.82) is 0 Å². The van der Waals surface area contributed by atoms with Gasteiger partial charge in [0.15, 0.2) is 0 Å². The van der Waals surface area contributed by atoms with Crippen LogP contribution >= 0.6 is 0 Å². The molecular formula is C25H33N3O3S. The maximum Gasteiger partial charge on any atom is 0.246 e. The Labute approximate surface area is 192 Å². The van der Waals surface area contributed by atoms with Crippen LogP contribution in [0.25, 0.3) is 6.08 Å². The van der Waals surface area contributed by atoms with Crippen LogP contribution in [0.4, 0.5) is 0 Å². The van der Waals surface area contributed by atoms with Crippen molar-refractivity contribution in [1.82, 2.24) is 14.1 Å². The van der Waals surface area contributed by atoms with Crippen molar-refractivity contribution in [2.24, 2.45) is 0 Å². The normalized spacial score (nSPS) is 15.6. The maximum absolute atomic E-state index is 12.6. The Morgan fingerprint density at radius 2 is 1.66 bits per heavy atom. The standard InChI is InChI=1S/C25H33N3O3S/c1-4-28(5-2)32(30,31)24-12-9-22(10-13-24)11-14-25(29)27-17-15-26(16-18-27)20-23-8-6-7-21(3)19-23/h6-14,19H,4-5,15-18,20H2,1-3H3/b14-11+. The fourth-order valence-electron chi connectivity index (χ4n) is 3.93. The second-order valence-corrected chi connectivity index (χ2v) is 10.0. The molecule has 1 heterocycles. The smallest absolute Gasteiger partial charge is 0.246 e. The zero-order chi connectivity index (χ0) is 23.1. The average Bonchev–Trinajstić information content (AvgIpc) is 2.79. The maximum atomic E-state index is 12.6. The fourth-order valence-corrected chi connectivity index (χ4v) is 5.39. The quantitative estimate of drug-likeness (QED) is 0.573. The van der Waals surface area contributed by atoms with Crippen LogP contribution in [0.3, 0.4) is 0 Å². The molecule has 3 rings (SSSR count). The molecule has 0 saturated carbocycles. The van der Waals surface area contributed by atoms with Gasteiger partial charge in [0.25, 0.3) is 0 Å². The van der Waals surface area contributed by atoms with Gasteiger partial charge in [0.05, 0.1) is 4.90 Å². The van der Waals surface area contributed by atoms with E-state index in [1.807, 2.05) is 18.7 Å². The van der Waals surface area contributed by atoms with Gasteiger partial charge in [-0.2, -0.15) is 4.31 Å². The van der Waals surface area contributed by atoms with Crippen LogP contribution in [-0.4, -0.2) is 67.7 Å². The van der Waals surface area contributed by atoms with Gasteiger partial charge in [0.1, 0.15) is 0 Å². The Morgan fingerprint density at radius 1 is 1.00 bits per heavy atom. The van der Waals surface area contributed by atoms with Crippen LogP contribution in [0, 0.1) is 6.92 Å². The number of benzene rings is 2. The molecule has 0 spiro atoms. The number of rotatable bonds is 8. The summed E-state index contributed by atoms with van der Waals surface area (Å²) >= 11 is 0. The molecule has 1 fully saturated rings. The zero-order valence-corrected chi connectivity index (χ0v) is 20.0. The fraction of sp³-hybridized carbons (Fsp3) is 0.400. The number of carbonyl (C=O) groups excluding carboxylic acids is 1. The van der Waals surface area contributed by atoms with Gasteiger partial charge in [-0.3, -0.25) is 9.69 Å². The molecule has 0 radical (unpaired) electrons. The highest BCUT2D eigenvalue weighted by Gasteiger charge is 2.21. The molecule has 172 valence electrons. The van der Waals surface area contributed by atoms with Crippen LogP contribution < -0.4 is 0 Å². The third-order valence-corrected chi connectivity index (χ3v) is 7.88. The van der Waals surface area contributed by atoms with Gasteiger partial charge in [-0.15, -0.1) is 0 Å². The van der Waals surface area contributed by atoms with Crippen molar-refractivity contribution in [2.45, 2.75) is 32.2 Å². The first-order valence-corrected chi connectivity index (χ1v) is 12.6. The Morgan fingerprint density at radius 3 is 2.25 bits per heavy atom. The second-order valence-electron chi connectivity index (χ2n) is 8.08. The summed E-state index contributed by atoms with van der Waals surface area (Å²) in [7, 11) is -3.47. The molecule has 6 nitrogen and oxygen atoms in total. The number of carbonyl (C=O) groups is 1. The lowest BCUT2D eigenvalue weighted by molar-refractivity contribution is -0.127. The molecule has 32 heavy (non-hydrogen) atoms. The average molecular weight is 456 g/mol. The van der Waals surface area contributed by atoms with Gasteiger partial charge in [-0.1, -0.05) is 55.8 Å². The van der Waals surface area contributed by atoms with Crippen molar-refractivity contribution < 1.29 is 13.2 Å².